The van der Waals surface area contributed by atoms with Crippen molar-refractivity contribution in [1.29, 1.82) is 0 Å². The standard InChI is InChI=1S/C15H24N2O/c1-12-6-5-7-13(10-12)8-9-17(4)14(18)15(2,3)11-16/h5-7,10H,8-9,11,16H2,1-4H3. The molecule has 0 heterocycles. The maximum Gasteiger partial charge on any atom is 0.229 e. The molecule has 1 rings (SSSR count). The summed E-state index contributed by atoms with van der Waals surface area (Å²) in [4.78, 5) is 13.9. The lowest BCUT2D eigenvalue weighted by atomic mass is 9.92. The molecule has 0 radical (unpaired) electrons. The quantitative estimate of drug-likeness (QED) is 0.866. The molecule has 100 valence electrons. The first-order chi connectivity index (χ1) is 8.36. The summed E-state index contributed by atoms with van der Waals surface area (Å²) in [6.07, 6.45) is 0.880. The van der Waals surface area contributed by atoms with Gasteiger partial charge in [-0.15, -0.1) is 0 Å². The van der Waals surface area contributed by atoms with Crippen molar-refractivity contribution in [2.24, 2.45) is 11.1 Å². The van der Waals surface area contributed by atoms with Gasteiger partial charge in [0.25, 0.3) is 0 Å². The fourth-order valence-corrected chi connectivity index (χ4v) is 1.87. The van der Waals surface area contributed by atoms with Crippen molar-refractivity contribution in [2.45, 2.75) is 27.2 Å². The third kappa shape index (κ3) is 3.84. The summed E-state index contributed by atoms with van der Waals surface area (Å²) in [6, 6.07) is 8.39. The van der Waals surface area contributed by atoms with Gasteiger partial charge in [0.15, 0.2) is 0 Å². The third-order valence-corrected chi connectivity index (χ3v) is 3.25. The van der Waals surface area contributed by atoms with Gasteiger partial charge < -0.3 is 10.6 Å². The molecule has 0 atom stereocenters. The van der Waals surface area contributed by atoms with Crippen LogP contribution < -0.4 is 5.73 Å². The number of carbonyl (C=O) groups is 1. The van der Waals surface area contributed by atoms with E-state index in [1.54, 1.807) is 4.90 Å². The molecular weight excluding hydrogens is 224 g/mol. The van der Waals surface area contributed by atoms with Crippen LogP contribution in [0.25, 0.3) is 0 Å². The predicted octanol–water partition coefficient (Wildman–Crippen LogP) is 1.98. The van der Waals surface area contributed by atoms with Crippen molar-refractivity contribution in [3.63, 3.8) is 0 Å². The summed E-state index contributed by atoms with van der Waals surface area (Å²) >= 11 is 0. The van der Waals surface area contributed by atoms with Crippen molar-refractivity contribution in [2.75, 3.05) is 20.1 Å². The van der Waals surface area contributed by atoms with Crippen molar-refractivity contribution in [3.05, 3.63) is 35.4 Å². The van der Waals surface area contributed by atoms with Crippen molar-refractivity contribution in [3.8, 4) is 0 Å². The van der Waals surface area contributed by atoms with E-state index in [0.717, 1.165) is 13.0 Å². The topological polar surface area (TPSA) is 46.3 Å². The van der Waals surface area contributed by atoms with Crippen molar-refractivity contribution < 1.29 is 4.79 Å². The zero-order valence-corrected chi connectivity index (χ0v) is 11.9. The second kappa shape index (κ2) is 6.01. The Hall–Kier alpha value is -1.35. The monoisotopic (exact) mass is 248 g/mol. The minimum Gasteiger partial charge on any atom is -0.345 e. The van der Waals surface area contributed by atoms with Crippen LogP contribution >= 0.6 is 0 Å². The molecular formula is C15H24N2O. The molecule has 3 nitrogen and oxygen atoms in total. The minimum absolute atomic E-state index is 0.109. The first kappa shape index (κ1) is 14.7. The van der Waals surface area contributed by atoms with Gasteiger partial charge in [-0.1, -0.05) is 29.8 Å². The van der Waals surface area contributed by atoms with E-state index in [2.05, 4.69) is 31.2 Å². The maximum atomic E-state index is 12.1. The molecule has 0 fully saturated rings. The van der Waals surface area contributed by atoms with Crippen LogP contribution in [0.5, 0.6) is 0 Å². The second-order valence-electron chi connectivity index (χ2n) is 5.55. The molecule has 1 amide bonds. The molecule has 0 aliphatic heterocycles. The van der Waals surface area contributed by atoms with Gasteiger partial charge in [0.1, 0.15) is 0 Å². The molecule has 0 aliphatic carbocycles. The van der Waals surface area contributed by atoms with E-state index in [4.69, 9.17) is 5.73 Å². The Labute approximate surface area is 110 Å². The van der Waals surface area contributed by atoms with Gasteiger partial charge in [0.2, 0.25) is 5.91 Å². The van der Waals surface area contributed by atoms with Crippen LogP contribution in [0.3, 0.4) is 0 Å². The molecule has 1 aromatic carbocycles. The predicted molar refractivity (Wildman–Crippen MR) is 75.4 cm³/mol. The average molecular weight is 248 g/mol. The molecule has 0 unspecified atom stereocenters. The summed E-state index contributed by atoms with van der Waals surface area (Å²) < 4.78 is 0. The van der Waals surface area contributed by atoms with Crippen molar-refractivity contribution >= 4 is 5.91 Å². The number of likely N-dealkylation sites (N-methyl/N-ethyl adjacent to an activating group) is 1. The zero-order valence-electron chi connectivity index (χ0n) is 11.9. The molecule has 0 aliphatic rings. The van der Waals surface area contributed by atoms with Crippen LogP contribution in [0.4, 0.5) is 0 Å². The molecule has 3 heteroatoms. The smallest absolute Gasteiger partial charge is 0.229 e. The van der Waals surface area contributed by atoms with Crippen LogP contribution in [-0.4, -0.2) is 30.9 Å². The average Bonchev–Trinajstić information content (AvgIpc) is 2.35. The van der Waals surface area contributed by atoms with Crippen LogP contribution in [-0.2, 0) is 11.2 Å². The lowest BCUT2D eigenvalue weighted by Gasteiger charge is -2.28. The number of hydrogen-bond acceptors (Lipinski definition) is 2. The summed E-state index contributed by atoms with van der Waals surface area (Å²) in [5, 5.41) is 0. The maximum absolute atomic E-state index is 12.1. The number of nitrogens with two attached hydrogens (primary N) is 1. The van der Waals surface area contributed by atoms with Gasteiger partial charge in [-0.25, -0.2) is 0 Å². The van der Waals surface area contributed by atoms with E-state index in [0.29, 0.717) is 6.54 Å². The Morgan fingerprint density at radius 1 is 1.39 bits per heavy atom. The largest absolute Gasteiger partial charge is 0.345 e. The highest BCUT2D eigenvalue weighted by atomic mass is 16.2. The molecule has 0 saturated carbocycles. The SMILES string of the molecule is Cc1cccc(CCN(C)C(=O)C(C)(C)CN)c1. The Balaban J connectivity index is 2.56. The van der Waals surface area contributed by atoms with Gasteiger partial charge in [-0.2, -0.15) is 0 Å². The van der Waals surface area contributed by atoms with Crippen LogP contribution in [0.15, 0.2) is 24.3 Å². The van der Waals surface area contributed by atoms with E-state index < -0.39 is 5.41 Å². The van der Waals surface area contributed by atoms with Gasteiger partial charge in [-0.3, -0.25) is 4.79 Å². The summed E-state index contributed by atoms with van der Waals surface area (Å²) in [5.74, 6) is 0.109. The molecule has 2 N–H and O–H groups in total. The summed E-state index contributed by atoms with van der Waals surface area (Å²) in [6.45, 7) is 6.96. The molecule has 0 bridgehead atoms. The Bertz CT molecular complexity index is 413. The molecule has 1 aromatic rings. The minimum atomic E-state index is -0.471. The zero-order chi connectivity index (χ0) is 13.8. The normalized spacial score (nSPS) is 11.4. The number of benzene rings is 1. The number of hydrogen-bond donors (Lipinski definition) is 1. The van der Waals surface area contributed by atoms with E-state index in [1.165, 1.54) is 11.1 Å². The Kier molecular flexibility index (Phi) is 4.91. The highest BCUT2D eigenvalue weighted by Gasteiger charge is 2.28. The second-order valence-corrected chi connectivity index (χ2v) is 5.55. The van der Waals surface area contributed by atoms with Crippen LogP contribution in [0.2, 0.25) is 0 Å². The molecule has 18 heavy (non-hydrogen) atoms. The highest BCUT2D eigenvalue weighted by Crippen LogP contribution is 2.16. The Morgan fingerprint density at radius 2 is 2.06 bits per heavy atom. The van der Waals surface area contributed by atoms with Crippen molar-refractivity contribution in [1.82, 2.24) is 4.90 Å². The van der Waals surface area contributed by atoms with Crippen LogP contribution in [0, 0.1) is 12.3 Å². The fraction of sp³-hybridized carbons (Fsp3) is 0.533. The van der Waals surface area contributed by atoms with Gasteiger partial charge in [-0.05, 0) is 32.8 Å². The molecule has 0 spiro atoms. The number of rotatable bonds is 5. The van der Waals surface area contributed by atoms with E-state index in [9.17, 15) is 4.79 Å². The number of amides is 1. The summed E-state index contributed by atoms with van der Waals surface area (Å²) in [7, 11) is 1.84. The van der Waals surface area contributed by atoms with E-state index in [1.807, 2.05) is 20.9 Å². The number of nitrogens with zero attached hydrogens (tertiary/aromatic N) is 1. The highest BCUT2D eigenvalue weighted by molar-refractivity contribution is 5.81. The van der Waals surface area contributed by atoms with E-state index in [-0.39, 0.29) is 5.91 Å². The lowest BCUT2D eigenvalue weighted by molar-refractivity contribution is -0.138. The van der Waals surface area contributed by atoms with Gasteiger partial charge in [0, 0.05) is 20.1 Å². The molecule has 0 aromatic heterocycles. The summed E-state index contributed by atoms with van der Waals surface area (Å²) in [5.41, 5.74) is 7.67. The fourth-order valence-electron chi connectivity index (χ4n) is 1.87. The number of aryl methyl sites for hydroxylation is 1. The van der Waals surface area contributed by atoms with Gasteiger partial charge >= 0.3 is 0 Å². The lowest BCUT2D eigenvalue weighted by Crippen LogP contribution is -2.43. The molecule has 0 saturated heterocycles. The van der Waals surface area contributed by atoms with E-state index >= 15 is 0 Å². The first-order valence-electron chi connectivity index (χ1n) is 6.38. The third-order valence-electron chi connectivity index (χ3n) is 3.25. The Morgan fingerprint density at radius 3 is 2.61 bits per heavy atom. The first-order valence-corrected chi connectivity index (χ1v) is 6.38. The van der Waals surface area contributed by atoms with Crippen LogP contribution in [0.1, 0.15) is 25.0 Å². The van der Waals surface area contributed by atoms with Gasteiger partial charge in [0.05, 0.1) is 5.41 Å². The number of carbonyl (C=O) groups excluding carboxylic acids is 1.